The fourth-order valence-electron chi connectivity index (χ4n) is 2.90. The van der Waals surface area contributed by atoms with Gasteiger partial charge in [-0.2, -0.15) is 0 Å². The Kier molecular flexibility index (Phi) is 4.19. The molecule has 2 nitrogen and oxygen atoms in total. The number of rotatable bonds is 4. The van der Waals surface area contributed by atoms with Crippen LogP contribution in [0.5, 0.6) is 0 Å². The number of hydrogen-bond acceptors (Lipinski definition) is 2. The van der Waals surface area contributed by atoms with Gasteiger partial charge in [0.25, 0.3) is 0 Å². The fraction of sp³-hybridized carbons (Fsp3) is 0.529. The summed E-state index contributed by atoms with van der Waals surface area (Å²) in [5.74, 6) is 1.01. The van der Waals surface area contributed by atoms with Gasteiger partial charge in [-0.25, -0.2) is 4.39 Å². The average molecular weight is 277 g/mol. The third-order valence-corrected chi connectivity index (χ3v) is 3.48. The minimum Gasteiger partial charge on any atom is -0.459 e. The van der Waals surface area contributed by atoms with Gasteiger partial charge < -0.3 is 10.2 Å². The van der Waals surface area contributed by atoms with Gasteiger partial charge in [-0.05, 0) is 48.4 Å². The lowest BCUT2D eigenvalue weighted by molar-refractivity contribution is 0.280. The van der Waals surface area contributed by atoms with Gasteiger partial charge in [0, 0.05) is 5.39 Å². The first-order valence-electron chi connectivity index (χ1n) is 7.19. The van der Waals surface area contributed by atoms with Gasteiger partial charge in [-0.15, -0.1) is 0 Å². The largest absolute Gasteiger partial charge is 0.459 e. The monoisotopic (exact) mass is 277 g/mol. The van der Waals surface area contributed by atoms with Crippen molar-refractivity contribution in [1.82, 2.24) is 0 Å². The SMILES string of the molecule is CC(CC(N)c1cc2cc(F)ccc2o1)CC(C)(C)C. The van der Waals surface area contributed by atoms with Gasteiger partial charge in [0.1, 0.15) is 17.2 Å². The van der Waals surface area contributed by atoms with E-state index >= 15 is 0 Å². The van der Waals surface area contributed by atoms with Gasteiger partial charge >= 0.3 is 0 Å². The number of fused-ring (bicyclic) bond motifs is 1. The highest BCUT2D eigenvalue weighted by Crippen LogP contribution is 2.31. The molecule has 1 aromatic carbocycles. The summed E-state index contributed by atoms with van der Waals surface area (Å²) in [7, 11) is 0. The molecule has 20 heavy (non-hydrogen) atoms. The second-order valence-electron chi connectivity index (χ2n) is 7.04. The molecule has 2 atom stereocenters. The molecule has 0 aliphatic carbocycles. The summed E-state index contributed by atoms with van der Waals surface area (Å²) >= 11 is 0. The molecule has 0 spiro atoms. The van der Waals surface area contributed by atoms with E-state index in [4.69, 9.17) is 10.2 Å². The van der Waals surface area contributed by atoms with E-state index in [9.17, 15) is 4.39 Å². The zero-order chi connectivity index (χ0) is 14.9. The number of hydrogen-bond donors (Lipinski definition) is 1. The lowest BCUT2D eigenvalue weighted by Crippen LogP contribution is -2.17. The molecule has 2 aromatic rings. The van der Waals surface area contributed by atoms with Crippen LogP contribution in [0.25, 0.3) is 11.0 Å². The lowest BCUT2D eigenvalue weighted by atomic mass is 9.83. The van der Waals surface area contributed by atoms with Crippen molar-refractivity contribution in [2.75, 3.05) is 0 Å². The molecule has 2 N–H and O–H groups in total. The first-order valence-corrected chi connectivity index (χ1v) is 7.19. The Morgan fingerprint density at radius 2 is 1.95 bits per heavy atom. The molecule has 0 saturated carbocycles. The van der Waals surface area contributed by atoms with Gasteiger partial charge in [-0.3, -0.25) is 0 Å². The number of benzene rings is 1. The molecule has 2 rings (SSSR count). The van der Waals surface area contributed by atoms with E-state index in [0.717, 1.165) is 24.0 Å². The van der Waals surface area contributed by atoms with Crippen LogP contribution in [-0.4, -0.2) is 0 Å². The molecule has 2 unspecified atom stereocenters. The molecule has 1 aromatic heterocycles. The summed E-state index contributed by atoms with van der Waals surface area (Å²) in [4.78, 5) is 0. The van der Waals surface area contributed by atoms with Gasteiger partial charge in [0.2, 0.25) is 0 Å². The summed E-state index contributed by atoms with van der Waals surface area (Å²) in [6.07, 6.45) is 2.00. The van der Waals surface area contributed by atoms with Crippen LogP contribution in [0, 0.1) is 17.2 Å². The molecule has 3 heteroatoms. The minimum atomic E-state index is -0.250. The summed E-state index contributed by atoms with van der Waals surface area (Å²) in [6.45, 7) is 8.92. The fourth-order valence-corrected chi connectivity index (χ4v) is 2.90. The second-order valence-corrected chi connectivity index (χ2v) is 7.04. The van der Waals surface area contributed by atoms with E-state index in [2.05, 4.69) is 27.7 Å². The van der Waals surface area contributed by atoms with Crippen molar-refractivity contribution in [2.45, 2.75) is 46.6 Å². The molecule has 0 saturated heterocycles. The molecule has 0 fully saturated rings. The van der Waals surface area contributed by atoms with Crippen molar-refractivity contribution >= 4 is 11.0 Å². The van der Waals surface area contributed by atoms with Crippen LogP contribution in [0.15, 0.2) is 28.7 Å². The minimum absolute atomic E-state index is 0.136. The maximum Gasteiger partial charge on any atom is 0.134 e. The summed E-state index contributed by atoms with van der Waals surface area (Å²) in [5.41, 5.74) is 7.23. The predicted octanol–water partition coefficient (Wildman–Crippen LogP) is 5.03. The third kappa shape index (κ3) is 3.83. The second kappa shape index (κ2) is 5.57. The Morgan fingerprint density at radius 1 is 1.25 bits per heavy atom. The molecule has 110 valence electrons. The topological polar surface area (TPSA) is 39.2 Å². The van der Waals surface area contributed by atoms with Crippen molar-refractivity contribution in [1.29, 1.82) is 0 Å². The molecule has 0 amide bonds. The van der Waals surface area contributed by atoms with E-state index in [1.807, 2.05) is 6.07 Å². The van der Waals surface area contributed by atoms with E-state index in [0.29, 0.717) is 16.9 Å². The standard InChI is InChI=1S/C17H24FNO/c1-11(10-17(2,3)4)7-14(19)16-9-12-8-13(18)5-6-15(12)20-16/h5-6,8-9,11,14H,7,10,19H2,1-4H3. The van der Waals surface area contributed by atoms with Crippen LogP contribution in [0.2, 0.25) is 0 Å². The average Bonchev–Trinajstić information content (AvgIpc) is 2.68. The summed E-state index contributed by atoms with van der Waals surface area (Å²) in [5, 5.41) is 0.777. The first-order chi connectivity index (χ1) is 9.24. The highest BCUT2D eigenvalue weighted by molar-refractivity contribution is 5.77. The number of halogens is 1. The molecular weight excluding hydrogens is 253 g/mol. The van der Waals surface area contributed by atoms with Gasteiger partial charge in [-0.1, -0.05) is 27.7 Å². The normalized spacial score (nSPS) is 15.5. The number of nitrogens with two attached hydrogens (primary N) is 1. The quantitative estimate of drug-likeness (QED) is 0.850. The van der Waals surface area contributed by atoms with Crippen LogP contribution in [0.1, 0.15) is 52.3 Å². The zero-order valence-corrected chi connectivity index (χ0v) is 12.7. The van der Waals surface area contributed by atoms with E-state index in [1.54, 1.807) is 6.07 Å². The van der Waals surface area contributed by atoms with Crippen molar-refractivity contribution < 1.29 is 8.81 Å². The van der Waals surface area contributed by atoms with Crippen LogP contribution in [0.3, 0.4) is 0 Å². The Hall–Kier alpha value is -1.35. The first kappa shape index (κ1) is 15.0. The zero-order valence-electron chi connectivity index (χ0n) is 12.7. The smallest absolute Gasteiger partial charge is 0.134 e. The van der Waals surface area contributed by atoms with Crippen molar-refractivity contribution in [3.63, 3.8) is 0 Å². The molecule has 0 bridgehead atoms. The van der Waals surface area contributed by atoms with Crippen molar-refractivity contribution in [2.24, 2.45) is 17.1 Å². The van der Waals surface area contributed by atoms with Crippen molar-refractivity contribution in [3.8, 4) is 0 Å². The molecule has 0 radical (unpaired) electrons. The highest BCUT2D eigenvalue weighted by atomic mass is 19.1. The lowest BCUT2D eigenvalue weighted by Gasteiger charge is -2.24. The highest BCUT2D eigenvalue weighted by Gasteiger charge is 2.20. The maximum absolute atomic E-state index is 13.2. The van der Waals surface area contributed by atoms with Crippen LogP contribution >= 0.6 is 0 Å². The van der Waals surface area contributed by atoms with Crippen LogP contribution in [-0.2, 0) is 0 Å². The molecule has 0 aliphatic heterocycles. The Bertz CT molecular complexity index is 582. The molecular formula is C17H24FNO. The predicted molar refractivity (Wildman–Crippen MR) is 81.0 cm³/mol. The Balaban J connectivity index is 2.09. The van der Waals surface area contributed by atoms with Crippen LogP contribution in [0.4, 0.5) is 4.39 Å². The maximum atomic E-state index is 13.2. The molecule has 0 aliphatic rings. The van der Waals surface area contributed by atoms with E-state index in [1.165, 1.54) is 12.1 Å². The third-order valence-electron chi connectivity index (χ3n) is 3.48. The summed E-state index contributed by atoms with van der Waals surface area (Å²) < 4.78 is 18.9. The van der Waals surface area contributed by atoms with Gasteiger partial charge in [0.15, 0.2) is 0 Å². The van der Waals surface area contributed by atoms with E-state index < -0.39 is 0 Å². The van der Waals surface area contributed by atoms with E-state index in [-0.39, 0.29) is 11.9 Å². The molecule has 1 heterocycles. The van der Waals surface area contributed by atoms with Crippen LogP contribution < -0.4 is 5.73 Å². The van der Waals surface area contributed by atoms with Gasteiger partial charge in [0.05, 0.1) is 6.04 Å². The number of furan rings is 1. The Labute approximate surface area is 120 Å². The Morgan fingerprint density at radius 3 is 2.60 bits per heavy atom. The summed E-state index contributed by atoms with van der Waals surface area (Å²) in [6, 6.07) is 6.26. The van der Waals surface area contributed by atoms with Crippen molar-refractivity contribution in [3.05, 3.63) is 35.8 Å².